The van der Waals surface area contributed by atoms with Crippen LogP contribution in [0.1, 0.15) is 5.56 Å². The van der Waals surface area contributed by atoms with Crippen LogP contribution in [0.5, 0.6) is 5.75 Å². The van der Waals surface area contributed by atoms with E-state index in [1.807, 2.05) is 0 Å². The molecule has 0 aliphatic heterocycles. The molecule has 0 fully saturated rings. The maximum absolute atomic E-state index is 13.3. The van der Waals surface area contributed by atoms with Crippen molar-refractivity contribution >= 4 is 31.6 Å². The van der Waals surface area contributed by atoms with Crippen molar-refractivity contribution in [2.75, 3.05) is 11.4 Å². The average molecular weight is 450 g/mol. The second kappa shape index (κ2) is 8.10. The molecule has 7 heteroatoms. The zero-order valence-electron chi connectivity index (χ0n) is 14.5. The fourth-order valence-electron chi connectivity index (χ4n) is 2.57. The van der Waals surface area contributed by atoms with Crippen LogP contribution in [0.4, 0.5) is 10.1 Å². The number of benzene rings is 3. The summed E-state index contributed by atoms with van der Waals surface area (Å²) in [5.41, 5.74) is 1.18. The first-order chi connectivity index (χ1) is 12.9. The molecule has 0 unspecified atom stereocenters. The summed E-state index contributed by atoms with van der Waals surface area (Å²) < 4.78 is 47.2. The Bertz CT molecular complexity index is 1020. The van der Waals surface area contributed by atoms with Crippen LogP contribution in [-0.2, 0) is 16.6 Å². The van der Waals surface area contributed by atoms with E-state index in [2.05, 4.69) is 15.9 Å². The normalized spacial score (nSPS) is 11.2. The van der Waals surface area contributed by atoms with Gasteiger partial charge in [0.25, 0.3) is 10.0 Å². The molecular formula is C20H17BrFNO3S. The summed E-state index contributed by atoms with van der Waals surface area (Å²) in [4.78, 5) is 0.117. The Hall–Kier alpha value is -2.38. The molecular weight excluding hydrogens is 433 g/mol. The molecule has 3 rings (SSSR count). The number of nitrogens with zero attached hydrogens (tertiary/aromatic N) is 1. The molecule has 3 aromatic rings. The lowest BCUT2D eigenvalue weighted by Gasteiger charge is -2.25. The van der Waals surface area contributed by atoms with E-state index in [0.717, 1.165) is 4.47 Å². The number of hydrogen-bond acceptors (Lipinski definition) is 3. The van der Waals surface area contributed by atoms with Crippen LogP contribution in [0.3, 0.4) is 0 Å². The lowest BCUT2D eigenvalue weighted by Crippen LogP contribution is -2.30. The summed E-state index contributed by atoms with van der Waals surface area (Å²) in [6.07, 6.45) is 0. The Kier molecular flexibility index (Phi) is 5.82. The smallest absolute Gasteiger partial charge is 0.264 e. The highest BCUT2D eigenvalue weighted by atomic mass is 79.9. The van der Waals surface area contributed by atoms with Crippen LogP contribution >= 0.6 is 15.9 Å². The number of methoxy groups -OCH3 is 1. The third kappa shape index (κ3) is 4.48. The van der Waals surface area contributed by atoms with Gasteiger partial charge in [-0.3, -0.25) is 4.31 Å². The molecule has 0 radical (unpaired) electrons. The SMILES string of the molecule is COc1cccc(S(=O)(=O)N(Cc2ccc(F)cc2)c2ccc(Br)cc2)c1. The second-order valence-electron chi connectivity index (χ2n) is 5.79. The van der Waals surface area contributed by atoms with Crippen molar-refractivity contribution in [2.45, 2.75) is 11.4 Å². The molecule has 140 valence electrons. The Balaban J connectivity index is 2.07. The summed E-state index contributed by atoms with van der Waals surface area (Å²) in [6, 6.07) is 19.1. The van der Waals surface area contributed by atoms with E-state index >= 15 is 0 Å². The number of anilines is 1. The van der Waals surface area contributed by atoms with Crippen molar-refractivity contribution < 1.29 is 17.5 Å². The maximum atomic E-state index is 13.3. The molecule has 0 spiro atoms. The molecule has 0 bridgehead atoms. The van der Waals surface area contributed by atoms with Gasteiger partial charge in [-0.05, 0) is 54.1 Å². The average Bonchev–Trinajstić information content (AvgIpc) is 2.68. The minimum absolute atomic E-state index is 0.0709. The third-order valence-corrected chi connectivity index (χ3v) is 6.28. The van der Waals surface area contributed by atoms with Gasteiger partial charge in [0.15, 0.2) is 0 Å². The Morgan fingerprint density at radius 3 is 2.30 bits per heavy atom. The topological polar surface area (TPSA) is 46.6 Å². The van der Waals surface area contributed by atoms with Gasteiger partial charge in [0.1, 0.15) is 11.6 Å². The van der Waals surface area contributed by atoms with Gasteiger partial charge in [-0.25, -0.2) is 12.8 Å². The van der Waals surface area contributed by atoms with Crippen molar-refractivity contribution in [1.82, 2.24) is 0 Å². The Labute approximate surface area is 166 Å². The minimum atomic E-state index is -3.86. The van der Waals surface area contributed by atoms with Crippen LogP contribution in [0.2, 0.25) is 0 Å². The molecule has 0 amide bonds. The summed E-state index contributed by atoms with van der Waals surface area (Å²) in [6.45, 7) is 0.0709. The van der Waals surface area contributed by atoms with Crippen molar-refractivity contribution in [3.63, 3.8) is 0 Å². The van der Waals surface area contributed by atoms with E-state index in [0.29, 0.717) is 17.0 Å². The highest BCUT2D eigenvalue weighted by Gasteiger charge is 2.25. The van der Waals surface area contributed by atoms with Gasteiger partial charge in [0.2, 0.25) is 0 Å². The van der Waals surface area contributed by atoms with Crippen molar-refractivity contribution in [3.8, 4) is 5.75 Å². The predicted molar refractivity (Wildman–Crippen MR) is 107 cm³/mol. The Morgan fingerprint density at radius 2 is 1.67 bits per heavy atom. The van der Waals surface area contributed by atoms with Gasteiger partial charge in [0.05, 0.1) is 24.2 Å². The monoisotopic (exact) mass is 449 g/mol. The van der Waals surface area contributed by atoms with Crippen molar-refractivity contribution in [3.05, 3.63) is 88.6 Å². The fraction of sp³-hybridized carbons (Fsp3) is 0.100. The lowest BCUT2D eigenvalue weighted by molar-refractivity contribution is 0.413. The first kappa shape index (κ1) is 19.4. The van der Waals surface area contributed by atoms with E-state index in [1.54, 1.807) is 48.5 Å². The highest BCUT2D eigenvalue weighted by molar-refractivity contribution is 9.10. The third-order valence-electron chi connectivity index (χ3n) is 3.98. The summed E-state index contributed by atoms with van der Waals surface area (Å²) >= 11 is 3.36. The van der Waals surface area contributed by atoms with Crippen LogP contribution in [0, 0.1) is 5.82 Å². The molecule has 0 aliphatic rings. The minimum Gasteiger partial charge on any atom is -0.497 e. The zero-order chi connectivity index (χ0) is 19.4. The quantitative estimate of drug-likeness (QED) is 0.532. The number of halogens is 2. The molecule has 0 atom stereocenters. The zero-order valence-corrected chi connectivity index (χ0v) is 16.9. The molecule has 3 aromatic carbocycles. The molecule has 4 nitrogen and oxygen atoms in total. The van der Waals surface area contributed by atoms with Crippen LogP contribution in [-0.4, -0.2) is 15.5 Å². The van der Waals surface area contributed by atoms with Gasteiger partial charge in [-0.1, -0.05) is 34.1 Å². The molecule has 0 saturated carbocycles. The van der Waals surface area contributed by atoms with Crippen LogP contribution in [0.15, 0.2) is 82.2 Å². The van der Waals surface area contributed by atoms with E-state index in [4.69, 9.17) is 4.74 Å². The molecule has 0 N–H and O–H groups in total. The van der Waals surface area contributed by atoms with E-state index in [-0.39, 0.29) is 17.3 Å². The number of sulfonamides is 1. The number of rotatable bonds is 6. The van der Waals surface area contributed by atoms with E-state index in [9.17, 15) is 12.8 Å². The first-order valence-corrected chi connectivity index (χ1v) is 10.3. The van der Waals surface area contributed by atoms with Gasteiger partial charge < -0.3 is 4.74 Å². The second-order valence-corrected chi connectivity index (χ2v) is 8.57. The van der Waals surface area contributed by atoms with Gasteiger partial charge in [0, 0.05) is 10.5 Å². The van der Waals surface area contributed by atoms with Gasteiger partial charge in [-0.2, -0.15) is 0 Å². The number of ether oxygens (including phenoxy) is 1. The van der Waals surface area contributed by atoms with Crippen LogP contribution < -0.4 is 9.04 Å². The summed E-state index contributed by atoms with van der Waals surface area (Å²) in [5, 5.41) is 0. The molecule has 0 saturated heterocycles. The number of hydrogen-bond donors (Lipinski definition) is 0. The van der Waals surface area contributed by atoms with Crippen LogP contribution in [0.25, 0.3) is 0 Å². The van der Waals surface area contributed by atoms with Crippen molar-refractivity contribution in [2.24, 2.45) is 0 Å². The van der Waals surface area contributed by atoms with Gasteiger partial charge >= 0.3 is 0 Å². The maximum Gasteiger partial charge on any atom is 0.264 e. The fourth-order valence-corrected chi connectivity index (χ4v) is 4.32. The molecule has 0 heterocycles. The predicted octanol–water partition coefficient (Wildman–Crippen LogP) is 4.99. The Morgan fingerprint density at radius 1 is 1.00 bits per heavy atom. The molecule has 0 aromatic heterocycles. The van der Waals surface area contributed by atoms with Gasteiger partial charge in [-0.15, -0.1) is 0 Å². The van der Waals surface area contributed by atoms with Crippen molar-refractivity contribution in [1.29, 1.82) is 0 Å². The van der Waals surface area contributed by atoms with E-state index < -0.39 is 10.0 Å². The summed E-state index contributed by atoms with van der Waals surface area (Å²) in [7, 11) is -2.38. The molecule has 27 heavy (non-hydrogen) atoms. The largest absolute Gasteiger partial charge is 0.497 e. The standard InChI is InChI=1S/C20H17BrFNO3S/c1-26-19-3-2-4-20(13-19)27(24,25)23(18-11-7-16(21)8-12-18)14-15-5-9-17(22)10-6-15/h2-13H,14H2,1H3. The summed E-state index contributed by atoms with van der Waals surface area (Å²) in [5.74, 6) is 0.0817. The lowest BCUT2D eigenvalue weighted by atomic mass is 10.2. The molecule has 0 aliphatic carbocycles. The first-order valence-electron chi connectivity index (χ1n) is 8.07. The highest BCUT2D eigenvalue weighted by Crippen LogP contribution is 2.29. The van der Waals surface area contributed by atoms with E-state index in [1.165, 1.54) is 35.7 Å².